The summed E-state index contributed by atoms with van der Waals surface area (Å²) in [6, 6.07) is 5.36. The first-order valence-corrected chi connectivity index (χ1v) is 7.33. The Bertz CT molecular complexity index is 520. The van der Waals surface area contributed by atoms with Crippen LogP contribution in [0.1, 0.15) is 26.3 Å². The summed E-state index contributed by atoms with van der Waals surface area (Å²) >= 11 is 0. The maximum Gasteiger partial charge on any atom is 0.321 e. The second-order valence-corrected chi connectivity index (χ2v) is 5.78. The maximum absolute atomic E-state index is 13.6. The highest BCUT2D eigenvalue weighted by molar-refractivity contribution is 5.96. The summed E-state index contributed by atoms with van der Waals surface area (Å²) in [7, 11) is 1.71. The quantitative estimate of drug-likeness (QED) is 0.846. The van der Waals surface area contributed by atoms with E-state index in [-0.39, 0.29) is 12.4 Å². The lowest BCUT2D eigenvalue weighted by atomic mass is 10.1. The summed E-state index contributed by atoms with van der Waals surface area (Å²) < 4.78 is 13.6. The smallest absolute Gasteiger partial charge is 0.321 e. The monoisotopic (exact) mass is 309 g/mol. The molecule has 0 aliphatic carbocycles. The van der Waals surface area contributed by atoms with Crippen LogP contribution in [0.15, 0.2) is 24.3 Å². The van der Waals surface area contributed by atoms with Crippen LogP contribution >= 0.6 is 0 Å². The first kappa shape index (κ1) is 18.1. The normalized spacial score (nSPS) is 12.3. The van der Waals surface area contributed by atoms with Crippen LogP contribution in [-0.4, -0.2) is 36.5 Å². The molecule has 0 spiro atoms. The molecule has 0 aliphatic rings. The Kier molecular flexibility index (Phi) is 6.98. The number of amides is 3. The van der Waals surface area contributed by atoms with Crippen LogP contribution in [0.25, 0.3) is 0 Å². The van der Waals surface area contributed by atoms with E-state index in [1.165, 1.54) is 6.07 Å². The van der Waals surface area contributed by atoms with Crippen molar-refractivity contribution in [3.8, 4) is 0 Å². The number of hydrogen-bond acceptors (Lipinski definition) is 3. The number of nitrogens with zero attached hydrogens (tertiary/aromatic N) is 1. The standard InChI is InChI=1S/C16H24FN3O2/c1-11(2)9-18-16(22)19-15(21)12(3)20(4)10-13-7-5-6-8-14(13)17/h5-8,11-12H,9-10H2,1-4H3,(H2,18,19,21,22)/t12-/m0/s1. The zero-order chi connectivity index (χ0) is 16.7. The number of halogens is 1. The number of carbonyl (C=O) groups is 2. The van der Waals surface area contributed by atoms with Crippen LogP contribution in [0, 0.1) is 11.7 Å². The van der Waals surface area contributed by atoms with E-state index in [2.05, 4.69) is 10.6 Å². The summed E-state index contributed by atoms with van der Waals surface area (Å²) in [5.41, 5.74) is 0.508. The Morgan fingerprint density at radius 1 is 1.23 bits per heavy atom. The van der Waals surface area contributed by atoms with Crippen LogP contribution in [0.4, 0.5) is 9.18 Å². The van der Waals surface area contributed by atoms with Crippen LogP contribution < -0.4 is 10.6 Å². The third kappa shape index (κ3) is 5.81. The Hall–Kier alpha value is -1.95. The van der Waals surface area contributed by atoms with Gasteiger partial charge in [0, 0.05) is 18.7 Å². The molecule has 1 atom stereocenters. The molecule has 0 radical (unpaired) electrons. The van der Waals surface area contributed by atoms with Crippen molar-refractivity contribution in [2.45, 2.75) is 33.4 Å². The number of imide groups is 1. The van der Waals surface area contributed by atoms with Gasteiger partial charge in [-0.05, 0) is 26.0 Å². The van der Waals surface area contributed by atoms with Crippen molar-refractivity contribution in [2.24, 2.45) is 5.92 Å². The van der Waals surface area contributed by atoms with Gasteiger partial charge < -0.3 is 5.32 Å². The molecule has 122 valence electrons. The fourth-order valence-electron chi connectivity index (χ4n) is 1.79. The van der Waals surface area contributed by atoms with Gasteiger partial charge in [-0.1, -0.05) is 32.0 Å². The largest absolute Gasteiger partial charge is 0.338 e. The van der Waals surface area contributed by atoms with Gasteiger partial charge in [0.2, 0.25) is 5.91 Å². The second-order valence-electron chi connectivity index (χ2n) is 5.78. The van der Waals surface area contributed by atoms with E-state index in [1.807, 2.05) is 13.8 Å². The van der Waals surface area contributed by atoms with Crippen molar-refractivity contribution in [3.63, 3.8) is 0 Å². The highest BCUT2D eigenvalue weighted by Crippen LogP contribution is 2.10. The van der Waals surface area contributed by atoms with Gasteiger partial charge in [0.05, 0.1) is 6.04 Å². The van der Waals surface area contributed by atoms with Crippen LogP contribution in [-0.2, 0) is 11.3 Å². The highest BCUT2D eigenvalue weighted by atomic mass is 19.1. The van der Waals surface area contributed by atoms with E-state index >= 15 is 0 Å². The number of carbonyl (C=O) groups excluding carboxylic acids is 2. The van der Waals surface area contributed by atoms with E-state index < -0.39 is 18.0 Å². The van der Waals surface area contributed by atoms with Crippen LogP contribution in [0.5, 0.6) is 0 Å². The molecule has 6 heteroatoms. The third-order valence-electron chi connectivity index (χ3n) is 3.33. The Balaban J connectivity index is 2.52. The molecule has 0 unspecified atom stereocenters. The van der Waals surface area contributed by atoms with E-state index in [9.17, 15) is 14.0 Å². The van der Waals surface area contributed by atoms with Gasteiger partial charge in [0.25, 0.3) is 0 Å². The van der Waals surface area contributed by atoms with Crippen molar-refractivity contribution < 1.29 is 14.0 Å². The Morgan fingerprint density at radius 3 is 2.45 bits per heavy atom. The molecule has 0 heterocycles. The summed E-state index contributed by atoms with van der Waals surface area (Å²) in [6.45, 7) is 6.39. The van der Waals surface area contributed by atoms with E-state index in [4.69, 9.17) is 0 Å². The lowest BCUT2D eigenvalue weighted by Gasteiger charge is -2.23. The van der Waals surface area contributed by atoms with Gasteiger partial charge in [0.1, 0.15) is 5.82 Å². The predicted octanol–water partition coefficient (Wildman–Crippen LogP) is 2.13. The van der Waals surface area contributed by atoms with Gasteiger partial charge in [-0.3, -0.25) is 15.0 Å². The average Bonchev–Trinajstić information content (AvgIpc) is 2.46. The number of rotatable bonds is 6. The van der Waals surface area contributed by atoms with E-state index in [0.717, 1.165) is 0 Å². The summed E-state index contributed by atoms with van der Waals surface area (Å²) in [4.78, 5) is 25.3. The molecule has 0 aliphatic heterocycles. The van der Waals surface area contributed by atoms with Crippen molar-refractivity contribution in [2.75, 3.05) is 13.6 Å². The molecule has 5 nitrogen and oxygen atoms in total. The minimum absolute atomic E-state index is 0.287. The molecule has 2 N–H and O–H groups in total. The predicted molar refractivity (Wildman–Crippen MR) is 83.7 cm³/mol. The molecule has 1 aromatic carbocycles. The lowest BCUT2D eigenvalue weighted by molar-refractivity contribution is -0.124. The molecule has 0 bridgehead atoms. The van der Waals surface area contributed by atoms with Crippen molar-refractivity contribution in [1.29, 1.82) is 0 Å². The molecule has 0 fully saturated rings. The summed E-state index contributed by atoms with van der Waals surface area (Å²) in [5.74, 6) is -0.418. The molecular formula is C16H24FN3O2. The SMILES string of the molecule is CC(C)CNC(=O)NC(=O)[C@H](C)N(C)Cc1ccccc1F. The van der Waals surface area contributed by atoms with Gasteiger partial charge in [-0.2, -0.15) is 0 Å². The lowest BCUT2D eigenvalue weighted by Crippen LogP contribution is -2.48. The fourth-order valence-corrected chi connectivity index (χ4v) is 1.79. The minimum Gasteiger partial charge on any atom is -0.338 e. The average molecular weight is 309 g/mol. The zero-order valence-corrected chi connectivity index (χ0v) is 13.5. The Labute approximate surface area is 130 Å². The first-order valence-electron chi connectivity index (χ1n) is 7.33. The third-order valence-corrected chi connectivity index (χ3v) is 3.33. The minimum atomic E-state index is -0.551. The maximum atomic E-state index is 13.6. The highest BCUT2D eigenvalue weighted by Gasteiger charge is 2.20. The summed E-state index contributed by atoms with van der Waals surface area (Å²) in [6.07, 6.45) is 0. The van der Waals surface area contributed by atoms with Gasteiger partial charge in [-0.25, -0.2) is 9.18 Å². The van der Waals surface area contributed by atoms with E-state index in [0.29, 0.717) is 18.0 Å². The van der Waals surface area contributed by atoms with Crippen molar-refractivity contribution in [3.05, 3.63) is 35.6 Å². The molecule has 3 amide bonds. The molecular weight excluding hydrogens is 285 g/mol. The van der Waals surface area contributed by atoms with Crippen molar-refractivity contribution >= 4 is 11.9 Å². The van der Waals surface area contributed by atoms with Gasteiger partial charge in [0.15, 0.2) is 0 Å². The fraction of sp³-hybridized carbons (Fsp3) is 0.500. The number of likely N-dealkylation sites (N-methyl/N-ethyl adjacent to an activating group) is 1. The molecule has 1 aromatic rings. The molecule has 0 saturated carbocycles. The second kappa shape index (κ2) is 8.48. The number of benzene rings is 1. The zero-order valence-electron chi connectivity index (χ0n) is 13.5. The first-order chi connectivity index (χ1) is 10.3. The number of hydrogen-bond donors (Lipinski definition) is 2. The summed E-state index contributed by atoms with van der Waals surface area (Å²) in [5, 5.41) is 4.91. The van der Waals surface area contributed by atoms with Crippen LogP contribution in [0.3, 0.4) is 0 Å². The molecule has 1 rings (SSSR count). The Morgan fingerprint density at radius 2 is 1.86 bits per heavy atom. The van der Waals surface area contributed by atoms with Crippen molar-refractivity contribution in [1.82, 2.24) is 15.5 Å². The van der Waals surface area contributed by atoms with Gasteiger partial charge >= 0.3 is 6.03 Å². The van der Waals surface area contributed by atoms with E-state index in [1.54, 1.807) is 37.1 Å². The molecule has 22 heavy (non-hydrogen) atoms. The molecule has 0 aromatic heterocycles. The van der Waals surface area contributed by atoms with Crippen LogP contribution in [0.2, 0.25) is 0 Å². The number of urea groups is 1. The van der Waals surface area contributed by atoms with Gasteiger partial charge in [-0.15, -0.1) is 0 Å². The molecule has 0 saturated heterocycles. The topological polar surface area (TPSA) is 61.4 Å². The number of nitrogens with one attached hydrogen (secondary N) is 2.